The van der Waals surface area contributed by atoms with Gasteiger partial charge in [-0.15, -0.1) is 0 Å². The SMILES string of the molecule is COc1cc(C(=O)OCC(=O)N2CCCC2=O)cc(Cl)c1OC(C)C. The van der Waals surface area contributed by atoms with Gasteiger partial charge in [0.2, 0.25) is 5.91 Å². The first-order valence-electron chi connectivity index (χ1n) is 7.88. The molecule has 1 aromatic rings. The van der Waals surface area contributed by atoms with E-state index in [1.54, 1.807) is 0 Å². The van der Waals surface area contributed by atoms with Crippen LogP contribution in [0.5, 0.6) is 11.5 Å². The summed E-state index contributed by atoms with van der Waals surface area (Å²) in [6, 6.07) is 2.81. The maximum Gasteiger partial charge on any atom is 0.338 e. The molecule has 1 fully saturated rings. The van der Waals surface area contributed by atoms with E-state index in [-0.39, 0.29) is 28.3 Å². The van der Waals surface area contributed by atoms with Crippen molar-refractivity contribution in [2.45, 2.75) is 32.8 Å². The quantitative estimate of drug-likeness (QED) is 0.716. The van der Waals surface area contributed by atoms with Crippen molar-refractivity contribution in [3.8, 4) is 11.5 Å². The third kappa shape index (κ3) is 4.63. The molecule has 0 radical (unpaired) electrons. The molecular formula is C17H20ClNO6. The maximum atomic E-state index is 12.2. The Morgan fingerprint density at radius 2 is 2.04 bits per heavy atom. The molecule has 0 unspecified atom stereocenters. The molecule has 0 spiro atoms. The minimum Gasteiger partial charge on any atom is -0.493 e. The van der Waals surface area contributed by atoms with Gasteiger partial charge in [0, 0.05) is 13.0 Å². The van der Waals surface area contributed by atoms with Gasteiger partial charge in [0.1, 0.15) is 0 Å². The molecular weight excluding hydrogens is 350 g/mol. The smallest absolute Gasteiger partial charge is 0.338 e. The molecule has 7 nitrogen and oxygen atoms in total. The highest BCUT2D eigenvalue weighted by Gasteiger charge is 2.27. The van der Waals surface area contributed by atoms with E-state index in [1.807, 2.05) is 13.8 Å². The number of hydrogen-bond acceptors (Lipinski definition) is 6. The highest BCUT2D eigenvalue weighted by molar-refractivity contribution is 6.32. The number of benzene rings is 1. The highest BCUT2D eigenvalue weighted by atomic mass is 35.5. The minimum absolute atomic E-state index is 0.124. The summed E-state index contributed by atoms with van der Waals surface area (Å²) < 4.78 is 15.8. The zero-order valence-corrected chi connectivity index (χ0v) is 15.1. The molecule has 1 heterocycles. The number of esters is 1. The highest BCUT2D eigenvalue weighted by Crippen LogP contribution is 2.37. The van der Waals surface area contributed by atoms with Crippen LogP contribution >= 0.6 is 11.6 Å². The van der Waals surface area contributed by atoms with Crippen LogP contribution in [0.15, 0.2) is 12.1 Å². The molecule has 1 aromatic carbocycles. The summed E-state index contributed by atoms with van der Waals surface area (Å²) in [5.74, 6) is -0.908. The Balaban J connectivity index is 2.07. The van der Waals surface area contributed by atoms with Crippen LogP contribution in [0.2, 0.25) is 5.02 Å². The number of ether oxygens (including phenoxy) is 3. The van der Waals surface area contributed by atoms with Crippen LogP contribution in [0.1, 0.15) is 37.0 Å². The summed E-state index contributed by atoms with van der Waals surface area (Å²) in [7, 11) is 1.43. The van der Waals surface area contributed by atoms with Crippen molar-refractivity contribution in [2.75, 3.05) is 20.3 Å². The fourth-order valence-corrected chi connectivity index (χ4v) is 2.64. The summed E-state index contributed by atoms with van der Waals surface area (Å²) >= 11 is 6.15. The summed E-state index contributed by atoms with van der Waals surface area (Å²) in [5.41, 5.74) is 0.124. The van der Waals surface area contributed by atoms with Crippen LogP contribution in [0.25, 0.3) is 0 Å². The first-order chi connectivity index (χ1) is 11.8. The number of methoxy groups -OCH3 is 1. The van der Waals surface area contributed by atoms with E-state index in [9.17, 15) is 14.4 Å². The lowest BCUT2D eigenvalue weighted by Gasteiger charge is -2.16. The van der Waals surface area contributed by atoms with Gasteiger partial charge in [-0.25, -0.2) is 4.79 Å². The molecule has 0 atom stereocenters. The number of hydrogen-bond donors (Lipinski definition) is 0. The van der Waals surface area contributed by atoms with Gasteiger partial charge in [-0.05, 0) is 32.4 Å². The predicted molar refractivity (Wildman–Crippen MR) is 90.0 cm³/mol. The summed E-state index contributed by atoms with van der Waals surface area (Å²) in [6.45, 7) is 3.53. The van der Waals surface area contributed by atoms with Crippen LogP contribution in [0.4, 0.5) is 0 Å². The predicted octanol–water partition coefficient (Wildman–Crippen LogP) is 2.44. The number of likely N-dealkylation sites (tertiary alicyclic amines) is 1. The molecule has 0 bridgehead atoms. The first kappa shape index (κ1) is 19.1. The Morgan fingerprint density at radius 1 is 1.32 bits per heavy atom. The maximum absolute atomic E-state index is 12.2. The average molecular weight is 370 g/mol. The number of rotatable bonds is 6. The Bertz CT molecular complexity index is 688. The summed E-state index contributed by atoms with van der Waals surface area (Å²) in [6.07, 6.45) is 0.840. The van der Waals surface area contributed by atoms with Gasteiger partial charge in [-0.1, -0.05) is 11.6 Å². The second-order valence-electron chi connectivity index (χ2n) is 5.77. The number of imide groups is 1. The van der Waals surface area contributed by atoms with Crippen molar-refractivity contribution in [1.82, 2.24) is 4.90 Å². The van der Waals surface area contributed by atoms with Crippen molar-refractivity contribution < 1.29 is 28.6 Å². The Labute approximate surface area is 150 Å². The molecule has 2 rings (SSSR count). The zero-order chi connectivity index (χ0) is 18.6. The van der Waals surface area contributed by atoms with Crippen LogP contribution in [-0.4, -0.2) is 49.0 Å². The molecule has 1 aliphatic rings. The van der Waals surface area contributed by atoms with E-state index >= 15 is 0 Å². The molecule has 2 amide bonds. The minimum atomic E-state index is -0.740. The molecule has 1 aliphatic heterocycles. The molecule has 0 saturated carbocycles. The fraction of sp³-hybridized carbons (Fsp3) is 0.471. The Morgan fingerprint density at radius 3 is 2.60 bits per heavy atom. The first-order valence-corrected chi connectivity index (χ1v) is 8.25. The average Bonchev–Trinajstić information content (AvgIpc) is 2.99. The van der Waals surface area contributed by atoms with Gasteiger partial charge in [-0.3, -0.25) is 14.5 Å². The van der Waals surface area contributed by atoms with Gasteiger partial charge < -0.3 is 14.2 Å². The van der Waals surface area contributed by atoms with E-state index < -0.39 is 18.5 Å². The molecule has 25 heavy (non-hydrogen) atoms. The molecule has 0 aromatic heterocycles. The van der Waals surface area contributed by atoms with Crippen LogP contribution in [0.3, 0.4) is 0 Å². The van der Waals surface area contributed by atoms with Gasteiger partial charge in [0.15, 0.2) is 18.1 Å². The van der Waals surface area contributed by atoms with Gasteiger partial charge in [0.05, 0.1) is 23.8 Å². The van der Waals surface area contributed by atoms with Crippen molar-refractivity contribution in [3.63, 3.8) is 0 Å². The van der Waals surface area contributed by atoms with E-state index in [0.29, 0.717) is 25.1 Å². The zero-order valence-electron chi connectivity index (χ0n) is 14.3. The standard InChI is InChI=1S/C17H20ClNO6/c1-10(2)25-16-12(18)7-11(8-13(16)23-3)17(22)24-9-15(21)19-6-4-5-14(19)20/h7-8,10H,4-6,9H2,1-3H3. The molecule has 136 valence electrons. The number of halogens is 1. The summed E-state index contributed by atoms with van der Waals surface area (Å²) in [4.78, 5) is 36.7. The third-order valence-electron chi connectivity index (χ3n) is 3.52. The van der Waals surface area contributed by atoms with E-state index in [2.05, 4.69) is 0 Å². The van der Waals surface area contributed by atoms with Crippen LogP contribution < -0.4 is 9.47 Å². The molecule has 1 saturated heterocycles. The Hall–Kier alpha value is -2.28. The number of amides is 2. The number of carbonyl (C=O) groups excluding carboxylic acids is 3. The molecule has 8 heteroatoms. The van der Waals surface area contributed by atoms with Gasteiger partial charge in [-0.2, -0.15) is 0 Å². The molecule has 0 aliphatic carbocycles. The molecule has 0 N–H and O–H groups in total. The van der Waals surface area contributed by atoms with E-state index in [4.69, 9.17) is 25.8 Å². The topological polar surface area (TPSA) is 82.1 Å². The van der Waals surface area contributed by atoms with Crippen molar-refractivity contribution in [2.24, 2.45) is 0 Å². The summed E-state index contributed by atoms with van der Waals surface area (Å²) in [5, 5.41) is 0.195. The lowest BCUT2D eigenvalue weighted by atomic mass is 10.2. The van der Waals surface area contributed by atoms with E-state index in [0.717, 1.165) is 4.90 Å². The van der Waals surface area contributed by atoms with Crippen molar-refractivity contribution in [3.05, 3.63) is 22.7 Å². The lowest BCUT2D eigenvalue weighted by Crippen LogP contribution is -2.35. The van der Waals surface area contributed by atoms with Gasteiger partial charge >= 0.3 is 5.97 Å². The fourth-order valence-electron chi connectivity index (χ4n) is 2.39. The normalized spacial score (nSPS) is 14.0. The van der Waals surface area contributed by atoms with Crippen molar-refractivity contribution >= 4 is 29.4 Å². The lowest BCUT2D eigenvalue weighted by molar-refractivity contribution is -0.143. The third-order valence-corrected chi connectivity index (χ3v) is 3.80. The van der Waals surface area contributed by atoms with E-state index in [1.165, 1.54) is 19.2 Å². The largest absolute Gasteiger partial charge is 0.493 e. The Kier molecular flexibility index (Phi) is 6.25. The van der Waals surface area contributed by atoms with Crippen LogP contribution in [0, 0.1) is 0 Å². The van der Waals surface area contributed by atoms with Crippen LogP contribution in [-0.2, 0) is 14.3 Å². The second-order valence-corrected chi connectivity index (χ2v) is 6.18. The monoisotopic (exact) mass is 369 g/mol. The number of carbonyl (C=O) groups is 3. The second kappa shape index (κ2) is 8.20. The number of nitrogens with zero attached hydrogens (tertiary/aromatic N) is 1. The van der Waals surface area contributed by atoms with Gasteiger partial charge in [0.25, 0.3) is 5.91 Å². The van der Waals surface area contributed by atoms with Crippen molar-refractivity contribution in [1.29, 1.82) is 0 Å².